The summed E-state index contributed by atoms with van der Waals surface area (Å²) in [6.45, 7) is 0. The third-order valence-electron chi connectivity index (χ3n) is 3.27. The fourth-order valence-corrected chi connectivity index (χ4v) is 3.24. The molecule has 3 rings (SSSR count). The predicted molar refractivity (Wildman–Crippen MR) is 72.6 cm³/mol. The summed E-state index contributed by atoms with van der Waals surface area (Å²) < 4.78 is 1.13. The van der Waals surface area contributed by atoms with Crippen molar-refractivity contribution in [2.24, 2.45) is 0 Å². The Morgan fingerprint density at radius 3 is 2.83 bits per heavy atom. The molecule has 0 aliphatic heterocycles. The Hall–Kier alpha value is -1.39. The van der Waals surface area contributed by atoms with Gasteiger partial charge in [-0.2, -0.15) is 0 Å². The molecule has 0 bridgehead atoms. The minimum atomic E-state index is -0.136. The second kappa shape index (κ2) is 5.08. The molecule has 0 atom stereocenters. The molecule has 18 heavy (non-hydrogen) atoms. The normalized spacial score (nSPS) is 16.2. The first-order valence-corrected chi connectivity index (χ1v) is 7.09. The standard InChI is InChI=1S/C14H15NO2S/c16-14(15-17-11-6-2-3-7-11)13-9-10-5-1-4-8-12(10)18-13/h1,4-5,8-9,11H,2-3,6-7H2,(H,15,16). The van der Waals surface area contributed by atoms with Crippen molar-refractivity contribution >= 4 is 27.3 Å². The van der Waals surface area contributed by atoms with E-state index in [-0.39, 0.29) is 12.0 Å². The van der Waals surface area contributed by atoms with Gasteiger partial charge in [-0.1, -0.05) is 31.0 Å². The number of benzene rings is 1. The molecule has 1 fully saturated rings. The van der Waals surface area contributed by atoms with Crippen LogP contribution in [0.1, 0.15) is 35.4 Å². The molecule has 0 unspecified atom stereocenters. The highest BCUT2D eigenvalue weighted by atomic mass is 32.1. The SMILES string of the molecule is O=C(NOC1CCCC1)c1cc2ccccc2s1. The molecule has 2 aromatic rings. The zero-order valence-corrected chi connectivity index (χ0v) is 10.8. The highest BCUT2D eigenvalue weighted by Gasteiger charge is 2.18. The summed E-state index contributed by atoms with van der Waals surface area (Å²) in [6.07, 6.45) is 4.69. The molecule has 1 aliphatic rings. The number of rotatable bonds is 3. The molecule has 0 spiro atoms. The number of hydrogen-bond donors (Lipinski definition) is 1. The summed E-state index contributed by atoms with van der Waals surface area (Å²) in [5, 5.41) is 1.11. The third-order valence-corrected chi connectivity index (χ3v) is 4.38. The average Bonchev–Trinajstić information content (AvgIpc) is 3.04. The van der Waals surface area contributed by atoms with Gasteiger partial charge in [0.2, 0.25) is 0 Å². The quantitative estimate of drug-likeness (QED) is 0.859. The molecule has 1 N–H and O–H groups in total. The van der Waals surface area contributed by atoms with Gasteiger partial charge in [0.05, 0.1) is 11.0 Å². The average molecular weight is 261 g/mol. The molecule has 1 saturated carbocycles. The maximum atomic E-state index is 11.9. The van der Waals surface area contributed by atoms with Gasteiger partial charge in [0.15, 0.2) is 0 Å². The van der Waals surface area contributed by atoms with Crippen LogP contribution >= 0.6 is 11.3 Å². The van der Waals surface area contributed by atoms with Crippen LogP contribution in [0, 0.1) is 0 Å². The van der Waals surface area contributed by atoms with Crippen molar-refractivity contribution in [3.05, 3.63) is 35.2 Å². The first-order valence-electron chi connectivity index (χ1n) is 6.27. The van der Waals surface area contributed by atoms with E-state index >= 15 is 0 Å². The maximum Gasteiger partial charge on any atom is 0.284 e. The Morgan fingerprint density at radius 2 is 2.06 bits per heavy atom. The number of thiophene rings is 1. The van der Waals surface area contributed by atoms with Gasteiger partial charge in [-0.3, -0.25) is 9.63 Å². The van der Waals surface area contributed by atoms with Gasteiger partial charge in [-0.05, 0) is 30.4 Å². The van der Waals surface area contributed by atoms with Crippen molar-refractivity contribution in [2.45, 2.75) is 31.8 Å². The van der Waals surface area contributed by atoms with Crippen molar-refractivity contribution in [3.8, 4) is 0 Å². The van der Waals surface area contributed by atoms with E-state index in [0.717, 1.165) is 22.9 Å². The van der Waals surface area contributed by atoms with Crippen LogP contribution in [0.2, 0.25) is 0 Å². The summed E-state index contributed by atoms with van der Waals surface area (Å²) in [5.74, 6) is -0.136. The van der Waals surface area contributed by atoms with Crippen molar-refractivity contribution in [2.75, 3.05) is 0 Å². The predicted octanol–water partition coefficient (Wildman–Crippen LogP) is 3.51. The lowest BCUT2D eigenvalue weighted by atomic mass is 10.2. The van der Waals surface area contributed by atoms with Gasteiger partial charge in [0, 0.05) is 4.70 Å². The van der Waals surface area contributed by atoms with E-state index in [9.17, 15) is 4.79 Å². The lowest BCUT2D eigenvalue weighted by Gasteiger charge is -2.10. The number of fused-ring (bicyclic) bond motifs is 1. The van der Waals surface area contributed by atoms with Gasteiger partial charge in [0.1, 0.15) is 0 Å². The maximum absolute atomic E-state index is 11.9. The van der Waals surface area contributed by atoms with Crippen molar-refractivity contribution in [1.29, 1.82) is 0 Å². The van der Waals surface area contributed by atoms with Gasteiger partial charge in [0.25, 0.3) is 5.91 Å². The summed E-state index contributed by atoms with van der Waals surface area (Å²) in [6, 6.07) is 9.91. The van der Waals surface area contributed by atoms with E-state index in [1.165, 1.54) is 24.2 Å². The van der Waals surface area contributed by atoms with Gasteiger partial charge in [-0.25, -0.2) is 5.48 Å². The second-order valence-corrected chi connectivity index (χ2v) is 5.69. The van der Waals surface area contributed by atoms with Crippen LogP contribution in [-0.4, -0.2) is 12.0 Å². The molecule has 1 aromatic heterocycles. The molecule has 3 nitrogen and oxygen atoms in total. The first-order chi connectivity index (χ1) is 8.83. The van der Waals surface area contributed by atoms with Gasteiger partial charge < -0.3 is 0 Å². The molecular weight excluding hydrogens is 246 g/mol. The Bertz CT molecular complexity index is 525. The van der Waals surface area contributed by atoms with Crippen molar-refractivity contribution in [3.63, 3.8) is 0 Å². The van der Waals surface area contributed by atoms with Gasteiger partial charge >= 0.3 is 0 Å². The fourth-order valence-electron chi connectivity index (χ4n) is 2.29. The Morgan fingerprint density at radius 1 is 1.28 bits per heavy atom. The monoisotopic (exact) mass is 261 g/mol. The van der Waals surface area contributed by atoms with Crippen LogP contribution in [0.3, 0.4) is 0 Å². The molecule has 4 heteroatoms. The Balaban J connectivity index is 1.67. The first kappa shape index (κ1) is 11.7. The molecule has 0 saturated heterocycles. The van der Waals surface area contributed by atoms with Crippen molar-refractivity contribution in [1.82, 2.24) is 5.48 Å². The Labute approximate surface area is 110 Å². The molecule has 1 aliphatic carbocycles. The number of hydroxylamine groups is 1. The van der Waals surface area contributed by atoms with Gasteiger partial charge in [-0.15, -0.1) is 11.3 Å². The largest absolute Gasteiger partial charge is 0.284 e. The van der Waals surface area contributed by atoms with Crippen LogP contribution in [0.15, 0.2) is 30.3 Å². The van der Waals surface area contributed by atoms with E-state index in [1.54, 1.807) is 0 Å². The summed E-state index contributed by atoms with van der Waals surface area (Å²) in [4.78, 5) is 18.1. The summed E-state index contributed by atoms with van der Waals surface area (Å²) in [7, 11) is 0. The molecule has 0 radical (unpaired) electrons. The summed E-state index contributed by atoms with van der Waals surface area (Å²) in [5.41, 5.74) is 2.57. The van der Waals surface area contributed by atoms with Crippen LogP contribution in [0.4, 0.5) is 0 Å². The van der Waals surface area contributed by atoms with Crippen LogP contribution in [0.25, 0.3) is 10.1 Å². The number of carbonyl (C=O) groups is 1. The highest BCUT2D eigenvalue weighted by Crippen LogP contribution is 2.25. The van der Waals surface area contributed by atoms with Crippen LogP contribution in [-0.2, 0) is 4.84 Å². The second-order valence-electron chi connectivity index (χ2n) is 4.60. The zero-order valence-electron chi connectivity index (χ0n) is 10.0. The van der Waals surface area contributed by atoms with Crippen LogP contribution < -0.4 is 5.48 Å². The third kappa shape index (κ3) is 2.40. The number of carbonyl (C=O) groups excluding carboxylic acids is 1. The van der Waals surface area contributed by atoms with E-state index in [0.29, 0.717) is 4.88 Å². The molecule has 1 aromatic carbocycles. The molecule has 1 heterocycles. The summed E-state index contributed by atoms with van der Waals surface area (Å²) >= 11 is 1.50. The molecule has 1 amide bonds. The van der Waals surface area contributed by atoms with Crippen molar-refractivity contribution < 1.29 is 9.63 Å². The molecular formula is C14H15NO2S. The molecule has 94 valence electrons. The van der Waals surface area contributed by atoms with E-state index in [2.05, 4.69) is 5.48 Å². The zero-order chi connectivity index (χ0) is 12.4. The number of hydrogen-bond acceptors (Lipinski definition) is 3. The topological polar surface area (TPSA) is 38.3 Å². The number of amides is 1. The smallest absolute Gasteiger partial charge is 0.270 e. The number of nitrogens with one attached hydrogen (secondary N) is 1. The van der Waals surface area contributed by atoms with Crippen LogP contribution in [0.5, 0.6) is 0 Å². The lowest BCUT2D eigenvalue weighted by Crippen LogP contribution is -2.27. The Kier molecular flexibility index (Phi) is 3.30. The van der Waals surface area contributed by atoms with E-state index < -0.39 is 0 Å². The fraction of sp³-hybridized carbons (Fsp3) is 0.357. The highest BCUT2D eigenvalue weighted by molar-refractivity contribution is 7.20. The van der Waals surface area contributed by atoms with E-state index in [4.69, 9.17) is 4.84 Å². The lowest BCUT2D eigenvalue weighted by molar-refractivity contribution is -0.0122. The van der Waals surface area contributed by atoms with E-state index in [1.807, 2.05) is 30.3 Å². The minimum absolute atomic E-state index is 0.136. The minimum Gasteiger partial charge on any atom is -0.270 e.